The molecular weight excluding hydrogens is 320 g/mol. The Kier molecular flexibility index (Phi) is 4.52. The van der Waals surface area contributed by atoms with Gasteiger partial charge in [-0.25, -0.2) is 13.1 Å². The first-order valence-corrected chi connectivity index (χ1v) is 9.49. The molecule has 0 radical (unpaired) electrons. The molecule has 3 aliphatic rings. The van der Waals surface area contributed by atoms with Crippen LogP contribution in [0, 0.1) is 0 Å². The lowest BCUT2D eigenvalue weighted by molar-refractivity contribution is 0.345. The van der Waals surface area contributed by atoms with Crippen LogP contribution in [-0.2, 0) is 22.9 Å². The van der Waals surface area contributed by atoms with Crippen molar-refractivity contribution in [3.8, 4) is 0 Å². The van der Waals surface area contributed by atoms with E-state index in [-0.39, 0.29) is 18.4 Å². The number of rotatable bonds is 3. The van der Waals surface area contributed by atoms with Crippen molar-refractivity contribution in [2.75, 3.05) is 0 Å². The predicted molar refractivity (Wildman–Crippen MR) is 89.0 cm³/mol. The Bertz CT molecular complexity index is 650. The molecule has 2 unspecified atom stereocenters. The quantitative estimate of drug-likeness (QED) is 0.885. The van der Waals surface area contributed by atoms with Crippen molar-refractivity contribution < 1.29 is 8.42 Å². The van der Waals surface area contributed by atoms with E-state index in [4.69, 9.17) is 0 Å². The average Bonchev–Trinajstić information content (AvgIpc) is 3.04. The summed E-state index contributed by atoms with van der Waals surface area (Å²) < 4.78 is 28.1. The first-order chi connectivity index (χ1) is 10.1. The summed E-state index contributed by atoms with van der Waals surface area (Å²) in [4.78, 5) is 0.439. The smallest absolute Gasteiger partial charge is 0.240 e. The molecule has 4 nitrogen and oxygen atoms in total. The van der Waals surface area contributed by atoms with Gasteiger partial charge in [0.05, 0.1) is 4.90 Å². The van der Waals surface area contributed by atoms with E-state index in [0.29, 0.717) is 17.0 Å². The van der Waals surface area contributed by atoms with E-state index in [0.717, 1.165) is 32.1 Å². The lowest BCUT2D eigenvalue weighted by Gasteiger charge is -2.29. The van der Waals surface area contributed by atoms with E-state index >= 15 is 0 Å². The van der Waals surface area contributed by atoms with Gasteiger partial charge in [-0.15, -0.1) is 12.4 Å². The third-order valence-electron chi connectivity index (χ3n) is 5.18. The number of sulfonamides is 1. The average molecular weight is 343 g/mol. The van der Waals surface area contributed by atoms with Crippen molar-refractivity contribution in [1.82, 2.24) is 10.0 Å². The molecule has 2 fully saturated rings. The van der Waals surface area contributed by atoms with Gasteiger partial charge in [0.15, 0.2) is 0 Å². The van der Waals surface area contributed by atoms with Crippen LogP contribution < -0.4 is 10.0 Å². The van der Waals surface area contributed by atoms with Crippen molar-refractivity contribution in [3.05, 3.63) is 29.3 Å². The van der Waals surface area contributed by atoms with Crippen LogP contribution in [0.5, 0.6) is 0 Å². The van der Waals surface area contributed by atoms with Gasteiger partial charge >= 0.3 is 0 Å². The number of nitrogens with one attached hydrogen (secondary N) is 2. The van der Waals surface area contributed by atoms with Gasteiger partial charge in [0, 0.05) is 18.1 Å². The molecule has 2 aliphatic heterocycles. The molecule has 1 aromatic rings. The molecular formula is C16H23ClN2O2S. The van der Waals surface area contributed by atoms with Gasteiger partial charge in [0.25, 0.3) is 0 Å². The van der Waals surface area contributed by atoms with E-state index in [9.17, 15) is 8.42 Å². The number of hydrogen-bond donors (Lipinski definition) is 2. The molecule has 2 N–H and O–H groups in total. The molecule has 0 aromatic heterocycles. The normalized spacial score (nSPS) is 29.9. The number of aryl methyl sites for hydroxylation is 2. The van der Waals surface area contributed by atoms with E-state index in [2.05, 4.69) is 10.0 Å². The Labute approximate surface area is 138 Å². The van der Waals surface area contributed by atoms with Crippen LogP contribution in [0.1, 0.15) is 43.2 Å². The fourth-order valence-corrected chi connectivity index (χ4v) is 5.47. The second-order valence-electron chi connectivity index (χ2n) is 6.71. The van der Waals surface area contributed by atoms with Gasteiger partial charge in [0.2, 0.25) is 10.0 Å². The van der Waals surface area contributed by atoms with Crippen LogP contribution in [0.4, 0.5) is 0 Å². The van der Waals surface area contributed by atoms with Gasteiger partial charge in [-0.3, -0.25) is 0 Å². The van der Waals surface area contributed by atoms with Crippen LogP contribution in [0.3, 0.4) is 0 Å². The molecule has 22 heavy (non-hydrogen) atoms. The summed E-state index contributed by atoms with van der Waals surface area (Å²) in [5.41, 5.74) is 2.53. The standard InChI is InChI=1S/C16H22N2O2S.ClH/c19-21(20,16-7-4-11-2-1-3-12(11)8-16)18-15-9-13-5-6-14(10-15)17-13;/h4,7-8,13-15,17-18H,1-3,5-6,9-10H2;1H. The second-order valence-corrected chi connectivity index (χ2v) is 8.43. The van der Waals surface area contributed by atoms with Crippen molar-refractivity contribution in [1.29, 1.82) is 0 Å². The molecule has 0 saturated carbocycles. The minimum Gasteiger partial charge on any atom is -0.311 e. The number of benzene rings is 1. The molecule has 2 saturated heterocycles. The predicted octanol–water partition coefficient (Wildman–Crippen LogP) is 2.16. The summed E-state index contributed by atoms with van der Waals surface area (Å²) in [5.74, 6) is 0. The highest BCUT2D eigenvalue weighted by Crippen LogP contribution is 2.29. The summed E-state index contributed by atoms with van der Waals surface area (Å²) in [6.07, 6.45) is 7.44. The summed E-state index contributed by atoms with van der Waals surface area (Å²) >= 11 is 0. The largest absolute Gasteiger partial charge is 0.311 e. The monoisotopic (exact) mass is 342 g/mol. The maximum Gasteiger partial charge on any atom is 0.240 e. The van der Waals surface area contributed by atoms with Crippen LogP contribution >= 0.6 is 12.4 Å². The zero-order valence-corrected chi connectivity index (χ0v) is 14.2. The van der Waals surface area contributed by atoms with Gasteiger partial charge in [0.1, 0.15) is 0 Å². The van der Waals surface area contributed by atoms with Crippen LogP contribution in [0.2, 0.25) is 0 Å². The summed E-state index contributed by atoms with van der Waals surface area (Å²) in [5, 5.41) is 3.54. The van der Waals surface area contributed by atoms with Crippen LogP contribution in [0.15, 0.2) is 23.1 Å². The Balaban J connectivity index is 0.00000144. The Hall–Kier alpha value is -0.620. The maximum atomic E-state index is 12.6. The summed E-state index contributed by atoms with van der Waals surface area (Å²) in [6.45, 7) is 0. The number of fused-ring (bicyclic) bond motifs is 3. The molecule has 2 bridgehead atoms. The molecule has 4 rings (SSSR count). The summed E-state index contributed by atoms with van der Waals surface area (Å²) in [6, 6.07) is 6.71. The second kappa shape index (κ2) is 6.11. The molecule has 1 aromatic carbocycles. The van der Waals surface area contributed by atoms with E-state index in [1.165, 1.54) is 24.0 Å². The lowest BCUT2D eigenvalue weighted by Crippen LogP contribution is -2.47. The third-order valence-corrected chi connectivity index (χ3v) is 6.69. The molecule has 1 aliphatic carbocycles. The van der Waals surface area contributed by atoms with Crippen molar-refractivity contribution in [2.45, 2.75) is 68.0 Å². The van der Waals surface area contributed by atoms with Crippen molar-refractivity contribution in [3.63, 3.8) is 0 Å². The molecule has 0 amide bonds. The fraction of sp³-hybridized carbons (Fsp3) is 0.625. The lowest BCUT2D eigenvalue weighted by atomic mass is 10.0. The first-order valence-electron chi connectivity index (χ1n) is 8.00. The van der Waals surface area contributed by atoms with Gasteiger partial charge < -0.3 is 5.32 Å². The van der Waals surface area contributed by atoms with E-state index in [1.807, 2.05) is 12.1 Å². The zero-order chi connectivity index (χ0) is 14.4. The highest BCUT2D eigenvalue weighted by Gasteiger charge is 2.35. The number of halogens is 1. The van der Waals surface area contributed by atoms with Crippen LogP contribution in [-0.4, -0.2) is 26.5 Å². The molecule has 2 heterocycles. The number of piperidine rings is 1. The Morgan fingerprint density at radius 1 is 1.05 bits per heavy atom. The third kappa shape index (κ3) is 3.04. The minimum absolute atomic E-state index is 0. The summed E-state index contributed by atoms with van der Waals surface area (Å²) in [7, 11) is -3.38. The van der Waals surface area contributed by atoms with Crippen molar-refractivity contribution in [2.24, 2.45) is 0 Å². The van der Waals surface area contributed by atoms with E-state index < -0.39 is 10.0 Å². The highest BCUT2D eigenvalue weighted by atomic mass is 35.5. The Morgan fingerprint density at radius 2 is 1.73 bits per heavy atom. The van der Waals surface area contributed by atoms with E-state index in [1.54, 1.807) is 6.07 Å². The minimum atomic E-state index is -3.38. The maximum absolute atomic E-state index is 12.6. The molecule has 2 atom stereocenters. The van der Waals surface area contributed by atoms with Gasteiger partial charge in [-0.1, -0.05) is 6.07 Å². The molecule has 122 valence electrons. The van der Waals surface area contributed by atoms with Gasteiger partial charge in [-0.2, -0.15) is 0 Å². The molecule has 6 heteroatoms. The van der Waals surface area contributed by atoms with Crippen LogP contribution in [0.25, 0.3) is 0 Å². The topological polar surface area (TPSA) is 58.2 Å². The fourth-order valence-electron chi connectivity index (χ4n) is 4.16. The van der Waals surface area contributed by atoms with Gasteiger partial charge in [-0.05, 0) is 68.2 Å². The number of hydrogen-bond acceptors (Lipinski definition) is 3. The Morgan fingerprint density at radius 3 is 2.45 bits per heavy atom. The zero-order valence-electron chi connectivity index (χ0n) is 12.5. The highest BCUT2D eigenvalue weighted by molar-refractivity contribution is 7.89. The van der Waals surface area contributed by atoms with Crippen molar-refractivity contribution >= 4 is 22.4 Å². The SMILES string of the molecule is Cl.O=S(=O)(NC1CC2CCC(C1)N2)c1ccc2c(c1)CCC2. The first kappa shape index (κ1) is 16.2. The molecule has 0 spiro atoms.